The van der Waals surface area contributed by atoms with Crippen LogP contribution in [0.5, 0.6) is 0 Å². The number of carbonyl (C=O) groups is 1. The highest BCUT2D eigenvalue weighted by Crippen LogP contribution is 2.18. The Morgan fingerprint density at radius 1 is 1.29 bits per heavy atom. The van der Waals surface area contributed by atoms with E-state index < -0.39 is 10.0 Å². The van der Waals surface area contributed by atoms with Crippen LogP contribution in [0.25, 0.3) is 0 Å². The quantitative estimate of drug-likeness (QED) is 0.918. The molecule has 1 amide bonds. The molecule has 1 heterocycles. The predicted molar refractivity (Wildman–Crippen MR) is 78.5 cm³/mol. The number of hydrogen-bond acceptors (Lipinski definition) is 4. The molecule has 1 aromatic carbocycles. The number of hydrogen-bond donors (Lipinski definition) is 1. The van der Waals surface area contributed by atoms with Crippen LogP contribution in [0.2, 0.25) is 0 Å². The second-order valence-corrected chi connectivity index (χ2v) is 6.80. The lowest BCUT2D eigenvalue weighted by Crippen LogP contribution is -2.46. The molecule has 0 aliphatic carbocycles. The summed E-state index contributed by atoms with van der Waals surface area (Å²) < 4.78 is 32.1. The van der Waals surface area contributed by atoms with Crippen LogP contribution >= 0.6 is 0 Å². The van der Waals surface area contributed by atoms with Gasteiger partial charge in [-0.15, -0.1) is 0 Å². The monoisotopic (exact) mass is 312 g/mol. The number of rotatable bonds is 3. The third-order valence-electron chi connectivity index (χ3n) is 3.63. The average Bonchev–Trinajstić information content (AvgIpc) is 2.47. The lowest BCUT2D eigenvalue weighted by molar-refractivity contribution is 0.111. The number of benzene rings is 1. The van der Waals surface area contributed by atoms with Gasteiger partial charge in [-0.3, -0.25) is 0 Å². The largest absolute Gasteiger partial charge is 0.453 e. The molecule has 1 fully saturated rings. The second-order valence-electron chi connectivity index (χ2n) is 5.12. The number of likely N-dealkylation sites (tertiary alicyclic amines) is 1. The van der Waals surface area contributed by atoms with Crippen molar-refractivity contribution in [3.05, 3.63) is 29.8 Å². The van der Waals surface area contributed by atoms with Crippen LogP contribution < -0.4 is 4.72 Å². The van der Waals surface area contributed by atoms with Crippen LogP contribution in [0.3, 0.4) is 0 Å². The third-order valence-corrected chi connectivity index (χ3v) is 5.31. The molecule has 0 radical (unpaired) electrons. The molecule has 0 aromatic heterocycles. The summed E-state index contributed by atoms with van der Waals surface area (Å²) in [6.45, 7) is 2.76. The summed E-state index contributed by atoms with van der Waals surface area (Å²) in [7, 11) is -2.18. The van der Waals surface area contributed by atoms with Gasteiger partial charge in [0.1, 0.15) is 0 Å². The van der Waals surface area contributed by atoms with E-state index in [1.54, 1.807) is 30.0 Å². The zero-order chi connectivity index (χ0) is 15.5. The number of nitrogens with zero attached hydrogens (tertiary/aromatic N) is 1. The van der Waals surface area contributed by atoms with Crippen LogP contribution in [0.1, 0.15) is 18.4 Å². The zero-order valence-corrected chi connectivity index (χ0v) is 13.0. The number of amides is 1. The first kappa shape index (κ1) is 15.8. The van der Waals surface area contributed by atoms with Crippen molar-refractivity contribution in [1.82, 2.24) is 9.62 Å². The van der Waals surface area contributed by atoms with Gasteiger partial charge in [0, 0.05) is 19.1 Å². The Balaban J connectivity index is 2.00. The van der Waals surface area contributed by atoms with E-state index in [4.69, 9.17) is 0 Å². The number of carbonyl (C=O) groups excluding carboxylic acids is 1. The van der Waals surface area contributed by atoms with Gasteiger partial charge < -0.3 is 9.64 Å². The lowest BCUT2D eigenvalue weighted by atomic mass is 10.1. The Labute approximate surface area is 125 Å². The summed E-state index contributed by atoms with van der Waals surface area (Å²) in [6.07, 6.45) is 0.802. The summed E-state index contributed by atoms with van der Waals surface area (Å²) in [6, 6.07) is 6.73. The van der Waals surface area contributed by atoms with E-state index in [-0.39, 0.29) is 12.1 Å². The van der Waals surface area contributed by atoms with Crippen molar-refractivity contribution in [2.75, 3.05) is 20.2 Å². The van der Waals surface area contributed by atoms with E-state index in [0.29, 0.717) is 30.8 Å². The van der Waals surface area contributed by atoms with Crippen molar-refractivity contribution in [2.45, 2.75) is 30.7 Å². The topological polar surface area (TPSA) is 75.7 Å². The van der Waals surface area contributed by atoms with Gasteiger partial charge in [0.05, 0.1) is 12.0 Å². The molecule has 0 saturated carbocycles. The van der Waals surface area contributed by atoms with E-state index in [0.717, 1.165) is 5.56 Å². The Morgan fingerprint density at radius 3 is 2.48 bits per heavy atom. The van der Waals surface area contributed by atoms with E-state index in [1.165, 1.54) is 7.11 Å². The van der Waals surface area contributed by atoms with E-state index in [9.17, 15) is 13.2 Å². The van der Waals surface area contributed by atoms with Crippen LogP contribution in [0.4, 0.5) is 4.79 Å². The zero-order valence-electron chi connectivity index (χ0n) is 12.2. The lowest BCUT2D eigenvalue weighted by Gasteiger charge is -2.31. The molecule has 1 aliphatic rings. The van der Waals surface area contributed by atoms with Crippen molar-refractivity contribution < 1.29 is 17.9 Å². The first-order valence-electron chi connectivity index (χ1n) is 6.85. The molecule has 1 saturated heterocycles. The molecule has 116 valence electrons. The summed E-state index contributed by atoms with van der Waals surface area (Å²) in [5.41, 5.74) is 0.719. The molecule has 0 atom stereocenters. The normalized spacial score (nSPS) is 16.8. The van der Waals surface area contributed by atoms with Gasteiger partial charge in [-0.1, -0.05) is 18.2 Å². The minimum Gasteiger partial charge on any atom is -0.453 e. The number of aryl methyl sites for hydroxylation is 1. The van der Waals surface area contributed by atoms with Gasteiger partial charge in [-0.05, 0) is 31.4 Å². The smallest absolute Gasteiger partial charge is 0.409 e. The Morgan fingerprint density at radius 2 is 1.90 bits per heavy atom. The van der Waals surface area contributed by atoms with Gasteiger partial charge >= 0.3 is 6.09 Å². The number of sulfonamides is 1. The molecule has 2 rings (SSSR count). The minimum atomic E-state index is -3.52. The van der Waals surface area contributed by atoms with Crippen molar-refractivity contribution in [3.8, 4) is 0 Å². The fourth-order valence-corrected chi connectivity index (χ4v) is 4.00. The minimum absolute atomic E-state index is 0.157. The molecule has 1 aliphatic heterocycles. The number of ether oxygens (including phenoxy) is 1. The first-order valence-corrected chi connectivity index (χ1v) is 8.33. The fourth-order valence-electron chi connectivity index (χ4n) is 2.45. The molecule has 1 N–H and O–H groups in total. The molecule has 21 heavy (non-hydrogen) atoms. The van der Waals surface area contributed by atoms with Gasteiger partial charge in [0.15, 0.2) is 0 Å². The highest BCUT2D eigenvalue weighted by molar-refractivity contribution is 7.89. The van der Waals surface area contributed by atoms with Gasteiger partial charge in [-0.25, -0.2) is 17.9 Å². The maximum atomic E-state index is 12.4. The predicted octanol–water partition coefficient (Wildman–Crippen LogP) is 1.50. The van der Waals surface area contributed by atoms with Crippen LogP contribution in [-0.2, 0) is 14.8 Å². The number of nitrogens with one attached hydrogen (secondary N) is 1. The third kappa shape index (κ3) is 3.74. The van der Waals surface area contributed by atoms with Crippen molar-refractivity contribution >= 4 is 16.1 Å². The van der Waals surface area contributed by atoms with Gasteiger partial charge in [0.25, 0.3) is 0 Å². The summed E-state index contributed by atoms with van der Waals surface area (Å²) in [5.74, 6) is 0. The SMILES string of the molecule is COC(=O)N1CCC(NS(=O)(=O)c2ccccc2C)CC1. The standard InChI is InChI=1S/C14H20N2O4S/c1-11-5-3-4-6-13(11)21(18,19)15-12-7-9-16(10-8-12)14(17)20-2/h3-6,12,15H,7-10H2,1-2H3. The van der Waals surface area contributed by atoms with Crippen molar-refractivity contribution in [2.24, 2.45) is 0 Å². The second kappa shape index (κ2) is 6.44. The molecular formula is C14H20N2O4S. The maximum Gasteiger partial charge on any atom is 0.409 e. The fraction of sp³-hybridized carbons (Fsp3) is 0.500. The van der Waals surface area contributed by atoms with E-state index in [2.05, 4.69) is 9.46 Å². The summed E-state index contributed by atoms with van der Waals surface area (Å²) >= 11 is 0. The average molecular weight is 312 g/mol. The van der Waals surface area contributed by atoms with Gasteiger partial charge in [0.2, 0.25) is 10.0 Å². The van der Waals surface area contributed by atoms with E-state index in [1.807, 2.05) is 6.07 Å². The number of piperidine rings is 1. The Kier molecular flexibility index (Phi) is 4.84. The van der Waals surface area contributed by atoms with Crippen LogP contribution in [-0.4, -0.2) is 45.7 Å². The van der Waals surface area contributed by atoms with Gasteiger partial charge in [-0.2, -0.15) is 0 Å². The highest BCUT2D eigenvalue weighted by atomic mass is 32.2. The highest BCUT2D eigenvalue weighted by Gasteiger charge is 2.27. The molecule has 0 unspecified atom stereocenters. The molecular weight excluding hydrogens is 292 g/mol. The van der Waals surface area contributed by atoms with E-state index >= 15 is 0 Å². The molecule has 6 nitrogen and oxygen atoms in total. The number of methoxy groups -OCH3 is 1. The Hall–Kier alpha value is -1.60. The molecule has 1 aromatic rings. The maximum absolute atomic E-state index is 12.4. The summed E-state index contributed by atoms with van der Waals surface area (Å²) in [5, 5.41) is 0. The molecule has 7 heteroatoms. The van der Waals surface area contributed by atoms with Crippen molar-refractivity contribution in [1.29, 1.82) is 0 Å². The molecule has 0 bridgehead atoms. The van der Waals surface area contributed by atoms with Crippen LogP contribution in [0, 0.1) is 6.92 Å². The van der Waals surface area contributed by atoms with Crippen LogP contribution in [0.15, 0.2) is 29.2 Å². The Bertz CT molecular complexity index is 607. The molecule has 0 spiro atoms. The summed E-state index contributed by atoms with van der Waals surface area (Å²) in [4.78, 5) is 13.3. The first-order chi connectivity index (χ1) is 9.94. The van der Waals surface area contributed by atoms with Crippen molar-refractivity contribution in [3.63, 3.8) is 0 Å².